The molecule has 0 aliphatic rings. The Morgan fingerprint density at radius 3 is 2.19 bits per heavy atom. The van der Waals surface area contributed by atoms with Crippen molar-refractivity contribution in [3.63, 3.8) is 0 Å². The van der Waals surface area contributed by atoms with Crippen molar-refractivity contribution >= 4 is 50.7 Å². The summed E-state index contributed by atoms with van der Waals surface area (Å²) in [5.41, 5.74) is 2.04. The molecule has 10 heteroatoms. The summed E-state index contributed by atoms with van der Waals surface area (Å²) in [4.78, 5) is 27.9. The highest BCUT2D eigenvalue weighted by Gasteiger charge is 2.32. The predicted octanol–water partition coefficient (Wildman–Crippen LogP) is 5.05. The molecule has 0 aliphatic heterocycles. The number of sulfonamides is 1. The quantitative estimate of drug-likeness (QED) is 0.375. The van der Waals surface area contributed by atoms with Crippen molar-refractivity contribution < 1.29 is 18.0 Å². The van der Waals surface area contributed by atoms with Gasteiger partial charge in [0.1, 0.15) is 12.6 Å². The van der Waals surface area contributed by atoms with Gasteiger partial charge in [0.15, 0.2) is 0 Å². The summed E-state index contributed by atoms with van der Waals surface area (Å²) in [6, 6.07) is 18.9. The van der Waals surface area contributed by atoms with Gasteiger partial charge in [-0.15, -0.1) is 0 Å². The molecule has 0 bridgehead atoms. The van der Waals surface area contributed by atoms with Crippen molar-refractivity contribution in [2.24, 2.45) is 0 Å². The number of carbonyl (C=O) groups excluding carboxylic acids is 2. The van der Waals surface area contributed by atoms with Gasteiger partial charge in [0.05, 0.1) is 20.6 Å². The summed E-state index contributed by atoms with van der Waals surface area (Å²) in [6.07, 6.45) is 0. The Morgan fingerprint density at radius 1 is 0.946 bits per heavy atom. The van der Waals surface area contributed by atoms with Crippen LogP contribution in [0.1, 0.15) is 25.0 Å². The van der Waals surface area contributed by atoms with Gasteiger partial charge in [0.25, 0.3) is 10.0 Å². The summed E-state index contributed by atoms with van der Waals surface area (Å²) in [5.74, 6) is -0.889. The number of aryl methyl sites for hydroxylation is 1. The maximum absolute atomic E-state index is 13.8. The van der Waals surface area contributed by atoms with E-state index < -0.39 is 28.5 Å². The van der Waals surface area contributed by atoms with Gasteiger partial charge in [-0.25, -0.2) is 8.42 Å². The van der Waals surface area contributed by atoms with Crippen LogP contribution in [0.25, 0.3) is 0 Å². The minimum Gasteiger partial charge on any atom is -0.355 e. The molecule has 0 fully saturated rings. The Morgan fingerprint density at radius 2 is 1.59 bits per heavy atom. The Balaban J connectivity index is 2.03. The molecule has 196 valence electrons. The zero-order valence-corrected chi connectivity index (χ0v) is 23.1. The van der Waals surface area contributed by atoms with Gasteiger partial charge in [-0.2, -0.15) is 0 Å². The molecule has 2 amide bonds. The van der Waals surface area contributed by atoms with Gasteiger partial charge >= 0.3 is 0 Å². The van der Waals surface area contributed by atoms with Gasteiger partial charge in [-0.05, 0) is 56.7 Å². The Hall–Kier alpha value is -3.07. The maximum atomic E-state index is 13.8. The van der Waals surface area contributed by atoms with Crippen molar-refractivity contribution in [3.8, 4) is 0 Å². The van der Waals surface area contributed by atoms with Gasteiger partial charge in [0.2, 0.25) is 11.8 Å². The lowest BCUT2D eigenvalue weighted by molar-refractivity contribution is -0.139. The third kappa shape index (κ3) is 7.03. The van der Waals surface area contributed by atoms with Crippen molar-refractivity contribution in [1.82, 2.24) is 10.2 Å². The molecule has 0 heterocycles. The Bertz CT molecular complexity index is 1350. The Labute approximate surface area is 228 Å². The van der Waals surface area contributed by atoms with Crippen LogP contribution >= 0.6 is 23.2 Å². The van der Waals surface area contributed by atoms with Crippen LogP contribution in [-0.2, 0) is 26.2 Å². The number of anilines is 1. The second-order valence-corrected chi connectivity index (χ2v) is 11.2. The van der Waals surface area contributed by atoms with Gasteiger partial charge in [0, 0.05) is 13.1 Å². The number of hydrogen-bond acceptors (Lipinski definition) is 4. The molecule has 0 saturated heterocycles. The largest absolute Gasteiger partial charge is 0.355 e. The molecule has 7 nitrogen and oxygen atoms in total. The fourth-order valence-corrected chi connectivity index (χ4v) is 5.40. The highest BCUT2D eigenvalue weighted by Crippen LogP contribution is 2.30. The zero-order chi connectivity index (χ0) is 27.2. The SMILES string of the molecule is CCNC(=O)C(C)N(Cc1ccc(C)cc1)C(=O)CN(c1ccc(Cl)c(Cl)c1)S(=O)(=O)c1ccccc1. The number of halogens is 2. The van der Waals surface area contributed by atoms with Gasteiger partial charge in [-0.3, -0.25) is 13.9 Å². The molecule has 3 aromatic carbocycles. The van der Waals surface area contributed by atoms with Crippen molar-refractivity contribution in [2.45, 2.75) is 38.3 Å². The number of amides is 2. The molecule has 1 atom stereocenters. The fourth-order valence-electron chi connectivity index (χ4n) is 3.68. The topological polar surface area (TPSA) is 86.8 Å². The summed E-state index contributed by atoms with van der Waals surface area (Å²) in [6.45, 7) is 5.32. The van der Waals surface area contributed by atoms with Crippen LogP contribution in [0.3, 0.4) is 0 Å². The third-order valence-corrected chi connectivity index (χ3v) is 8.32. The lowest BCUT2D eigenvalue weighted by Gasteiger charge is -2.32. The zero-order valence-electron chi connectivity index (χ0n) is 20.8. The smallest absolute Gasteiger partial charge is 0.264 e. The molecule has 0 spiro atoms. The normalized spacial score (nSPS) is 12.0. The van der Waals surface area contributed by atoms with Crippen LogP contribution in [0.4, 0.5) is 5.69 Å². The highest BCUT2D eigenvalue weighted by atomic mass is 35.5. The van der Waals surface area contributed by atoms with Crippen molar-refractivity contribution in [1.29, 1.82) is 0 Å². The van der Waals surface area contributed by atoms with E-state index in [1.165, 1.54) is 35.2 Å². The molecule has 3 rings (SSSR count). The average molecular weight is 563 g/mol. The summed E-state index contributed by atoms with van der Waals surface area (Å²) < 4.78 is 28.4. The summed E-state index contributed by atoms with van der Waals surface area (Å²) in [5, 5.41) is 3.13. The van der Waals surface area contributed by atoms with E-state index in [1.54, 1.807) is 32.0 Å². The lowest BCUT2D eigenvalue weighted by atomic mass is 10.1. The van der Waals surface area contributed by atoms with E-state index in [0.717, 1.165) is 15.4 Å². The Kier molecular flexibility index (Phi) is 9.59. The number of rotatable bonds is 10. The van der Waals surface area contributed by atoms with E-state index >= 15 is 0 Å². The van der Waals surface area contributed by atoms with Crippen LogP contribution in [0, 0.1) is 6.92 Å². The van der Waals surface area contributed by atoms with E-state index in [-0.39, 0.29) is 33.1 Å². The molecule has 37 heavy (non-hydrogen) atoms. The van der Waals surface area contributed by atoms with Crippen LogP contribution < -0.4 is 9.62 Å². The van der Waals surface area contributed by atoms with Gasteiger partial charge in [-0.1, -0.05) is 71.2 Å². The van der Waals surface area contributed by atoms with E-state index in [2.05, 4.69) is 5.32 Å². The first-order chi connectivity index (χ1) is 17.5. The summed E-state index contributed by atoms with van der Waals surface area (Å²) in [7, 11) is -4.16. The number of carbonyl (C=O) groups is 2. The van der Waals surface area contributed by atoms with E-state index in [1.807, 2.05) is 31.2 Å². The van der Waals surface area contributed by atoms with Crippen LogP contribution in [0.2, 0.25) is 10.0 Å². The molecule has 1 N–H and O–H groups in total. The molecule has 1 unspecified atom stereocenters. The van der Waals surface area contributed by atoms with E-state index in [9.17, 15) is 18.0 Å². The maximum Gasteiger partial charge on any atom is 0.264 e. The second-order valence-electron chi connectivity index (χ2n) is 8.50. The van der Waals surface area contributed by atoms with Crippen LogP contribution in [-0.4, -0.2) is 44.3 Å². The van der Waals surface area contributed by atoms with Crippen molar-refractivity contribution in [3.05, 3.63) is 94.0 Å². The lowest BCUT2D eigenvalue weighted by Crippen LogP contribution is -2.51. The van der Waals surface area contributed by atoms with E-state index in [4.69, 9.17) is 23.2 Å². The number of nitrogens with one attached hydrogen (secondary N) is 1. The van der Waals surface area contributed by atoms with Crippen LogP contribution in [0.5, 0.6) is 0 Å². The highest BCUT2D eigenvalue weighted by molar-refractivity contribution is 7.92. The molecule has 0 radical (unpaired) electrons. The molecule has 3 aromatic rings. The molecule has 0 aromatic heterocycles. The molecule has 0 saturated carbocycles. The average Bonchev–Trinajstić information content (AvgIpc) is 2.88. The summed E-state index contributed by atoms with van der Waals surface area (Å²) >= 11 is 12.3. The third-order valence-electron chi connectivity index (χ3n) is 5.79. The fraction of sp³-hybridized carbons (Fsp3) is 0.259. The number of nitrogens with zero attached hydrogens (tertiary/aromatic N) is 2. The van der Waals surface area contributed by atoms with E-state index in [0.29, 0.717) is 6.54 Å². The second kappa shape index (κ2) is 12.4. The predicted molar refractivity (Wildman–Crippen MR) is 147 cm³/mol. The number of benzene rings is 3. The van der Waals surface area contributed by atoms with Gasteiger partial charge < -0.3 is 10.2 Å². The monoisotopic (exact) mass is 561 g/mol. The number of hydrogen-bond donors (Lipinski definition) is 1. The molecular weight excluding hydrogens is 533 g/mol. The standard InChI is InChI=1S/C27H29Cl2N3O4S/c1-4-30-27(34)20(3)31(17-21-12-10-19(2)11-13-21)26(33)18-32(22-14-15-24(28)25(29)16-22)37(35,36)23-8-6-5-7-9-23/h5-16,20H,4,17-18H2,1-3H3,(H,30,34). The first-order valence-corrected chi connectivity index (χ1v) is 13.9. The van der Waals surface area contributed by atoms with Crippen molar-refractivity contribution in [2.75, 3.05) is 17.4 Å². The van der Waals surface area contributed by atoms with Crippen LogP contribution in [0.15, 0.2) is 77.7 Å². The molecule has 0 aliphatic carbocycles. The molecular formula is C27H29Cl2N3O4S. The number of likely N-dealkylation sites (N-methyl/N-ethyl adjacent to an activating group) is 1. The minimum absolute atomic E-state index is 0.00994. The first kappa shape index (κ1) is 28.5. The minimum atomic E-state index is -4.16. The first-order valence-electron chi connectivity index (χ1n) is 11.7.